The molecule has 0 saturated carbocycles. The second-order valence-corrected chi connectivity index (χ2v) is 8.86. The molecule has 9 heteroatoms. The smallest absolute Gasteiger partial charge is 0.284 e. The first-order valence-corrected chi connectivity index (χ1v) is 11.3. The van der Waals surface area contributed by atoms with E-state index in [0.717, 1.165) is 17.9 Å². The Kier molecular flexibility index (Phi) is 7.42. The molecule has 0 aliphatic carbocycles. The summed E-state index contributed by atoms with van der Waals surface area (Å²) >= 11 is 11.6. The Hall–Kier alpha value is -2.74. The fourth-order valence-corrected chi connectivity index (χ4v) is 4.06. The van der Waals surface area contributed by atoms with Gasteiger partial charge in [-0.25, -0.2) is 14.4 Å². The van der Waals surface area contributed by atoms with E-state index in [9.17, 15) is 14.0 Å². The number of ether oxygens (including phenoxy) is 1. The van der Waals surface area contributed by atoms with Crippen molar-refractivity contribution in [1.29, 1.82) is 0 Å². The van der Waals surface area contributed by atoms with E-state index in [-0.39, 0.29) is 35.0 Å². The van der Waals surface area contributed by atoms with Crippen LogP contribution in [0.5, 0.6) is 5.75 Å². The van der Waals surface area contributed by atoms with Crippen molar-refractivity contribution in [1.82, 2.24) is 15.4 Å². The van der Waals surface area contributed by atoms with Crippen LogP contribution in [0.2, 0.25) is 10.0 Å². The number of rotatable bonds is 8. The second-order valence-electron chi connectivity index (χ2n) is 8.02. The maximum absolute atomic E-state index is 13.4. The van der Waals surface area contributed by atoms with Gasteiger partial charge >= 0.3 is 0 Å². The van der Waals surface area contributed by atoms with Gasteiger partial charge in [0.25, 0.3) is 5.91 Å². The van der Waals surface area contributed by atoms with Gasteiger partial charge in [-0.1, -0.05) is 29.3 Å². The van der Waals surface area contributed by atoms with Crippen LogP contribution < -0.4 is 10.2 Å². The number of aromatic nitrogens is 1. The molecule has 4 rings (SSSR count). The number of ketones is 1. The summed E-state index contributed by atoms with van der Waals surface area (Å²) in [4.78, 5) is 29.2. The lowest BCUT2D eigenvalue weighted by Gasteiger charge is -2.17. The molecule has 33 heavy (non-hydrogen) atoms. The third-order valence-corrected chi connectivity index (χ3v) is 6.09. The van der Waals surface area contributed by atoms with Crippen molar-refractivity contribution in [3.8, 4) is 5.75 Å². The molecule has 1 amide bonds. The summed E-state index contributed by atoms with van der Waals surface area (Å²) < 4.78 is 18.8. The first kappa shape index (κ1) is 23.4. The van der Waals surface area contributed by atoms with E-state index in [1.807, 2.05) is 11.1 Å². The predicted octanol–water partition coefficient (Wildman–Crippen LogP) is 5.08. The van der Waals surface area contributed by atoms with Gasteiger partial charge < -0.3 is 4.74 Å². The lowest BCUT2D eigenvalue weighted by atomic mass is 10.0. The molecule has 1 N–H and O–H groups in total. The van der Waals surface area contributed by atoms with Crippen molar-refractivity contribution < 1.29 is 18.7 Å². The minimum atomic E-state index is -0.585. The van der Waals surface area contributed by atoms with Crippen LogP contribution in [0, 0.1) is 11.7 Å². The Morgan fingerprint density at radius 3 is 2.82 bits per heavy atom. The van der Waals surface area contributed by atoms with Crippen LogP contribution in [0.25, 0.3) is 10.9 Å². The molecular formula is C24H22Cl2FN3O3. The van der Waals surface area contributed by atoms with Gasteiger partial charge in [0.15, 0.2) is 5.78 Å². The zero-order valence-corrected chi connectivity index (χ0v) is 19.2. The highest BCUT2D eigenvalue weighted by Crippen LogP contribution is 2.22. The van der Waals surface area contributed by atoms with Gasteiger partial charge in [0.1, 0.15) is 23.9 Å². The average Bonchev–Trinajstić information content (AvgIpc) is 3.25. The zero-order valence-electron chi connectivity index (χ0n) is 17.7. The Morgan fingerprint density at radius 1 is 1.15 bits per heavy atom. The number of halogens is 3. The van der Waals surface area contributed by atoms with E-state index >= 15 is 0 Å². The number of Topliss-reactive ketones (excluding diaryl/α,β-unsaturated/α-hetero) is 1. The molecule has 0 spiro atoms. The van der Waals surface area contributed by atoms with Crippen molar-refractivity contribution in [3.05, 3.63) is 70.1 Å². The van der Waals surface area contributed by atoms with Crippen molar-refractivity contribution in [2.45, 2.75) is 19.3 Å². The van der Waals surface area contributed by atoms with E-state index in [1.54, 1.807) is 24.3 Å². The maximum atomic E-state index is 13.4. The van der Waals surface area contributed by atoms with Crippen LogP contribution in [0.3, 0.4) is 0 Å². The third-order valence-electron chi connectivity index (χ3n) is 5.55. The predicted molar refractivity (Wildman–Crippen MR) is 125 cm³/mol. The van der Waals surface area contributed by atoms with Crippen molar-refractivity contribution in [3.63, 3.8) is 0 Å². The zero-order chi connectivity index (χ0) is 23.4. The number of hydrogen-bond acceptors (Lipinski definition) is 5. The lowest BCUT2D eigenvalue weighted by Crippen LogP contribution is -2.41. The molecule has 0 radical (unpaired) electrons. The topological polar surface area (TPSA) is 71.5 Å². The first-order chi connectivity index (χ1) is 15.9. The summed E-state index contributed by atoms with van der Waals surface area (Å²) in [6.45, 7) is 1.24. The molecule has 1 aromatic heterocycles. The number of pyridine rings is 1. The van der Waals surface area contributed by atoms with E-state index in [2.05, 4.69) is 10.4 Å². The van der Waals surface area contributed by atoms with E-state index < -0.39 is 5.82 Å². The number of carbonyl (C=O) groups is 2. The molecule has 1 aliphatic rings. The molecule has 0 bridgehead atoms. The average molecular weight is 490 g/mol. The summed E-state index contributed by atoms with van der Waals surface area (Å²) in [7, 11) is 0. The number of nitrogens with one attached hydrogen (secondary N) is 1. The van der Waals surface area contributed by atoms with Crippen molar-refractivity contribution in [2.24, 2.45) is 5.92 Å². The number of carbonyl (C=O) groups excluding carboxylic acids is 2. The molecule has 1 atom stereocenters. The minimum Gasteiger partial charge on any atom is -0.486 e. The fraction of sp³-hybridized carbons (Fsp3) is 0.292. The molecule has 1 unspecified atom stereocenters. The van der Waals surface area contributed by atoms with Crippen LogP contribution in [-0.2, 0) is 4.79 Å². The standard InChI is InChI=1S/C24H22Cl2FN3O3/c25-17-3-8-22-16(11-17)2-7-23(28-22)24(32)29-30-10-9-15(13-30)1-4-18(31)14-33-19-5-6-20(26)21(27)12-19/h2-3,5-8,11-12,15H,1,4,9-10,13-14H2,(H,29,32). The molecule has 1 aliphatic heterocycles. The van der Waals surface area contributed by atoms with E-state index in [4.69, 9.17) is 27.9 Å². The van der Waals surface area contributed by atoms with Gasteiger partial charge in [0, 0.05) is 36.0 Å². The summed E-state index contributed by atoms with van der Waals surface area (Å²) in [6, 6.07) is 12.9. The number of amides is 1. The quantitative estimate of drug-likeness (QED) is 0.477. The molecule has 2 heterocycles. The minimum absolute atomic E-state index is 0.00728. The van der Waals surface area contributed by atoms with Crippen LogP contribution >= 0.6 is 23.2 Å². The van der Waals surface area contributed by atoms with Crippen LogP contribution in [-0.4, -0.2) is 41.4 Å². The molecule has 6 nitrogen and oxygen atoms in total. The summed E-state index contributed by atoms with van der Waals surface area (Å²) in [5.41, 5.74) is 3.93. The number of hydrogen-bond donors (Lipinski definition) is 1. The lowest BCUT2D eigenvalue weighted by molar-refractivity contribution is -0.121. The van der Waals surface area contributed by atoms with Gasteiger partial charge in [0.2, 0.25) is 0 Å². The number of benzene rings is 2. The highest BCUT2D eigenvalue weighted by molar-refractivity contribution is 6.31. The van der Waals surface area contributed by atoms with Crippen LogP contribution in [0.1, 0.15) is 29.8 Å². The van der Waals surface area contributed by atoms with Crippen molar-refractivity contribution in [2.75, 3.05) is 19.7 Å². The molecular weight excluding hydrogens is 468 g/mol. The van der Waals surface area contributed by atoms with Crippen LogP contribution in [0.4, 0.5) is 4.39 Å². The third kappa shape index (κ3) is 6.19. The number of fused-ring (bicyclic) bond motifs is 1. The Morgan fingerprint density at radius 2 is 2.00 bits per heavy atom. The van der Waals surface area contributed by atoms with Crippen molar-refractivity contribution >= 4 is 45.8 Å². The van der Waals surface area contributed by atoms with Gasteiger partial charge in [-0.05, 0) is 55.2 Å². The van der Waals surface area contributed by atoms with Gasteiger partial charge in [-0.3, -0.25) is 15.0 Å². The second kappa shape index (κ2) is 10.5. The summed E-state index contributed by atoms with van der Waals surface area (Å²) in [5.74, 6) is -0.363. The fourth-order valence-electron chi connectivity index (χ4n) is 3.76. The van der Waals surface area contributed by atoms with Gasteiger partial charge in [0.05, 0.1) is 10.5 Å². The Labute approximate surface area is 200 Å². The normalized spacial score (nSPS) is 16.2. The Bertz CT molecular complexity index is 1190. The summed E-state index contributed by atoms with van der Waals surface area (Å²) in [6.07, 6.45) is 1.93. The number of nitrogens with zero attached hydrogens (tertiary/aromatic N) is 2. The van der Waals surface area contributed by atoms with E-state index in [1.165, 1.54) is 12.1 Å². The molecule has 172 valence electrons. The first-order valence-electron chi connectivity index (χ1n) is 10.6. The van der Waals surface area contributed by atoms with Gasteiger partial charge in [-0.15, -0.1) is 0 Å². The number of hydrazine groups is 1. The largest absolute Gasteiger partial charge is 0.486 e. The maximum Gasteiger partial charge on any atom is 0.284 e. The molecule has 3 aromatic rings. The molecule has 1 saturated heterocycles. The highest BCUT2D eigenvalue weighted by Gasteiger charge is 2.25. The van der Waals surface area contributed by atoms with Crippen LogP contribution in [0.15, 0.2) is 48.5 Å². The molecule has 2 aromatic carbocycles. The highest BCUT2D eigenvalue weighted by atomic mass is 35.5. The molecule has 1 fully saturated rings. The Balaban J connectivity index is 1.21. The monoisotopic (exact) mass is 489 g/mol. The van der Waals surface area contributed by atoms with E-state index in [0.29, 0.717) is 42.2 Å². The van der Waals surface area contributed by atoms with Gasteiger partial charge in [-0.2, -0.15) is 0 Å². The summed E-state index contributed by atoms with van der Waals surface area (Å²) in [5, 5.41) is 3.36. The SMILES string of the molecule is O=C(CCC1CCN(NC(=O)c2ccc3cc(Cl)ccc3n2)C1)COc1ccc(Cl)c(F)c1.